The minimum atomic E-state index is -0.464. The maximum atomic E-state index is 11.3. The normalized spacial score (nSPS) is 11.6. The molecule has 2 N–H and O–H groups in total. The van der Waals surface area contributed by atoms with Crippen molar-refractivity contribution in [2.45, 2.75) is 20.8 Å². The number of nitro benzene ring substituents is 1. The number of thiocarbonyl (C=S) groups is 1. The molecular formula is C23H22N3O3S+. The highest BCUT2D eigenvalue weighted by Crippen LogP contribution is 2.26. The van der Waals surface area contributed by atoms with E-state index in [0.29, 0.717) is 21.8 Å². The standard InChI is InChI=1S/C23H21N3O3S/c1-15-8-7-9-19(17(15)3)24-23(30)21(25-12-5-4-6-13-25)22(27)18-11-10-16(2)20(14-18)26(28)29/h4-14H,1-3H3,(H-,24,27,30)/p+1. The Labute approximate surface area is 180 Å². The molecule has 2 aromatic carbocycles. The van der Waals surface area contributed by atoms with Gasteiger partial charge in [-0.3, -0.25) is 10.1 Å². The SMILES string of the molecule is Cc1ccc(C(O)=C(C(=S)Nc2cccc(C)c2C)[n+]2ccccc2)cc1[N+](=O)[O-]. The third kappa shape index (κ3) is 4.36. The number of benzene rings is 2. The number of aliphatic hydroxyl groups is 1. The van der Waals surface area contributed by atoms with Crippen LogP contribution >= 0.6 is 12.2 Å². The van der Waals surface area contributed by atoms with E-state index in [9.17, 15) is 15.2 Å². The van der Waals surface area contributed by atoms with E-state index in [-0.39, 0.29) is 11.4 Å². The van der Waals surface area contributed by atoms with E-state index in [2.05, 4.69) is 5.32 Å². The molecule has 0 amide bonds. The molecule has 0 spiro atoms. The first-order valence-corrected chi connectivity index (χ1v) is 9.73. The van der Waals surface area contributed by atoms with Gasteiger partial charge in [-0.15, -0.1) is 0 Å². The first kappa shape index (κ1) is 21.1. The van der Waals surface area contributed by atoms with Crippen LogP contribution in [0.5, 0.6) is 0 Å². The second-order valence-electron chi connectivity index (χ2n) is 6.94. The molecule has 0 unspecified atom stereocenters. The van der Waals surface area contributed by atoms with Gasteiger partial charge in [-0.05, 0) is 38.0 Å². The van der Waals surface area contributed by atoms with Crippen LogP contribution in [0.3, 0.4) is 0 Å². The van der Waals surface area contributed by atoms with Gasteiger partial charge in [0.2, 0.25) is 0 Å². The summed E-state index contributed by atoms with van der Waals surface area (Å²) in [5, 5.41) is 25.7. The van der Waals surface area contributed by atoms with Crippen molar-refractivity contribution in [1.29, 1.82) is 0 Å². The van der Waals surface area contributed by atoms with Crippen LogP contribution < -0.4 is 9.88 Å². The van der Waals surface area contributed by atoms with Gasteiger partial charge in [0, 0.05) is 35.0 Å². The monoisotopic (exact) mass is 420 g/mol. The molecule has 7 heteroatoms. The van der Waals surface area contributed by atoms with Gasteiger partial charge < -0.3 is 10.4 Å². The predicted molar refractivity (Wildman–Crippen MR) is 122 cm³/mol. The molecule has 6 nitrogen and oxygen atoms in total. The summed E-state index contributed by atoms with van der Waals surface area (Å²) in [5.74, 6) is -0.155. The van der Waals surface area contributed by atoms with Crippen molar-refractivity contribution in [3.63, 3.8) is 0 Å². The lowest BCUT2D eigenvalue weighted by Crippen LogP contribution is -2.38. The maximum Gasteiger partial charge on any atom is 0.288 e. The van der Waals surface area contributed by atoms with Crippen LogP contribution in [0.25, 0.3) is 11.5 Å². The summed E-state index contributed by atoms with van der Waals surface area (Å²) in [4.78, 5) is 11.2. The van der Waals surface area contributed by atoms with Crippen molar-refractivity contribution in [2.24, 2.45) is 0 Å². The first-order valence-electron chi connectivity index (χ1n) is 9.32. The van der Waals surface area contributed by atoms with E-state index in [1.54, 1.807) is 36.0 Å². The van der Waals surface area contributed by atoms with Gasteiger partial charge >= 0.3 is 0 Å². The molecule has 30 heavy (non-hydrogen) atoms. The minimum absolute atomic E-state index is 0.0649. The molecule has 0 bridgehead atoms. The van der Waals surface area contributed by atoms with Gasteiger partial charge in [-0.1, -0.05) is 42.5 Å². The van der Waals surface area contributed by atoms with Crippen LogP contribution in [0, 0.1) is 30.9 Å². The molecule has 152 valence electrons. The third-order valence-electron chi connectivity index (χ3n) is 4.95. The fourth-order valence-electron chi connectivity index (χ4n) is 3.05. The van der Waals surface area contributed by atoms with E-state index in [1.807, 2.05) is 50.2 Å². The highest BCUT2D eigenvalue weighted by atomic mass is 32.1. The van der Waals surface area contributed by atoms with Crippen molar-refractivity contribution in [3.8, 4) is 0 Å². The van der Waals surface area contributed by atoms with Gasteiger partial charge in [0.1, 0.15) is 0 Å². The van der Waals surface area contributed by atoms with E-state index >= 15 is 0 Å². The summed E-state index contributed by atoms with van der Waals surface area (Å²) >= 11 is 5.65. The zero-order valence-electron chi connectivity index (χ0n) is 16.9. The molecule has 1 aromatic heterocycles. The Morgan fingerprint density at radius 3 is 2.40 bits per heavy atom. The Morgan fingerprint density at radius 2 is 1.73 bits per heavy atom. The Bertz CT molecular complexity index is 1160. The zero-order chi connectivity index (χ0) is 21.8. The van der Waals surface area contributed by atoms with E-state index in [0.717, 1.165) is 16.8 Å². The molecule has 0 saturated heterocycles. The van der Waals surface area contributed by atoms with Crippen LogP contribution in [0.15, 0.2) is 67.0 Å². The van der Waals surface area contributed by atoms with Gasteiger partial charge in [0.25, 0.3) is 11.4 Å². The summed E-state index contributed by atoms with van der Waals surface area (Å²) in [6, 6.07) is 15.9. The van der Waals surface area contributed by atoms with Gasteiger partial charge in [0.15, 0.2) is 23.1 Å². The average molecular weight is 421 g/mol. The number of aliphatic hydroxyl groups excluding tert-OH is 1. The second kappa shape index (κ2) is 8.84. The number of nitrogens with one attached hydrogen (secondary N) is 1. The maximum absolute atomic E-state index is 11.3. The number of aryl methyl sites for hydroxylation is 2. The van der Waals surface area contributed by atoms with Crippen LogP contribution in [0.2, 0.25) is 0 Å². The van der Waals surface area contributed by atoms with Crippen molar-refractivity contribution in [1.82, 2.24) is 0 Å². The summed E-state index contributed by atoms with van der Waals surface area (Å²) in [6.07, 6.45) is 3.51. The number of nitrogens with zero attached hydrogens (tertiary/aromatic N) is 2. The third-order valence-corrected chi connectivity index (χ3v) is 5.24. The summed E-state index contributed by atoms with van der Waals surface area (Å²) in [7, 11) is 0. The molecular weight excluding hydrogens is 398 g/mol. The molecule has 1 heterocycles. The molecule has 3 aromatic rings. The number of anilines is 1. The molecule has 0 aliphatic rings. The molecule has 0 atom stereocenters. The minimum Gasteiger partial charge on any atom is -0.502 e. The van der Waals surface area contributed by atoms with Crippen LogP contribution in [-0.4, -0.2) is 15.0 Å². The number of nitro groups is 1. The fourth-order valence-corrected chi connectivity index (χ4v) is 3.36. The smallest absolute Gasteiger partial charge is 0.288 e. The molecule has 0 saturated carbocycles. The summed E-state index contributed by atoms with van der Waals surface area (Å²) in [6.45, 7) is 5.65. The number of pyridine rings is 1. The Balaban J connectivity index is 2.13. The van der Waals surface area contributed by atoms with E-state index in [1.165, 1.54) is 6.07 Å². The largest absolute Gasteiger partial charge is 0.502 e. The second-order valence-corrected chi connectivity index (χ2v) is 7.35. The molecule has 0 aliphatic carbocycles. The van der Waals surface area contributed by atoms with Crippen molar-refractivity contribution >= 4 is 40.0 Å². The number of hydrogen-bond acceptors (Lipinski definition) is 4. The lowest BCUT2D eigenvalue weighted by Gasteiger charge is -2.13. The predicted octanol–water partition coefficient (Wildman–Crippen LogP) is 5.13. The van der Waals surface area contributed by atoms with Crippen molar-refractivity contribution < 1.29 is 14.6 Å². The quantitative estimate of drug-likeness (QED) is 0.149. The number of aromatic nitrogens is 1. The van der Waals surface area contributed by atoms with Crippen LogP contribution in [0.1, 0.15) is 22.3 Å². The van der Waals surface area contributed by atoms with Crippen LogP contribution in [-0.2, 0) is 0 Å². The Kier molecular flexibility index (Phi) is 6.23. The molecule has 0 fully saturated rings. The van der Waals surface area contributed by atoms with Crippen molar-refractivity contribution in [3.05, 3.63) is 99.4 Å². The van der Waals surface area contributed by atoms with E-state index < -0.39 is 4.92 Å². The Morgan fingerprint density at radius 1 is 1.03 bits per heavy atom. The summed E-state index contributed by atoms with van der Waals surface area (Å²) < 4.78 is 1.68. The lowest BCUT2D eigenvalue weighted by molar-refractivity contribution is -0.575. The van der Waals surface area contributed by atoms with Crippen molar-refractivity contribution in [2.75, 3.05) is 5.32 Å². The number of hydrogen-bond donors (Lipinski definition) is 2. The first-order chi connectivity index (χ1) is 14.3. The zero-order valence-corrected chi connectivity index (χ0v) is 17.7. The Hall–Kier alpha value is -3.58. The topological polar surface area (TPSA) is 79.3 Å². The fraction of sp³-hybridized carbons (Fsp3) is 0.130. The molecule has 0 radical (unpaired) electrons. The molecule has 0 aliphatic heterocycles. The van der Waals surface area contributed by atoms with Gasteiger partial charge in [0.05, 0.1) is 4.92 Å². The highest BCUT2D eigenvalue weighted by molar-refractivity contribution is 7.81. The molecule has 3 rings (SSSR count). The highest BCUT2D eigenvalue weighted by Gasteiger charge is 2.25. The van der Waals surface area contributed by atoms with E-state index in [4.69, 9.17) is 12.2 Å². The van der Waals surface area contributed by atoms with Crippen LogP contribution in [0.4, 0.5) is 11.4 Å². The van der Waals surface area contributed by atoms with Gasteiger partial charge in [-0.25, -0.2) is 0 Å². The average Bonchev–Trinajstić information content (AvgIpc) is 2.72. The summed E-state index contributed by atoms with van der Waals surface area (Å²) in [5.41, 5.74) is 4.07. The van der Waals surface area contributed by atoms with Gasteiger partial charge in [-0.2, -0.15) is 4.57 Å². The lowest BCUT2D eigenvalue weighted by atomic mass is 10.1. The number of rotatable bonds is 5.